The standard InChI is InChI=1S/C23H19FN4O4S/c1-13-19-22(33-20(13)21(30)27-16-5-3-4-6-17(16)32-2)25-12-28(23(19)31)11-18(29)26-15-9-7-14(24)8-10-15/h3-10,12H,11H2,1-2H3,(H,26,29)(H,27,30). The fourth-order valence-electron chi connectivity index (χ4n) is 3.30. The van der Waals surface area contributed by atoms with Gasteiger partial charge < -0.3 is 15.4 Å². The molecule has 0 bridgehead atoms. The van der Waals surface area contributed by atoms with Crippen LogP contribution in [-0.2, 0) is 11.3 Å². The van der Waals surface area contributed by atoms with Crippen molar-refractivity contribution in [1.82, 2.24) is 9.55 Å². The number of rotatable bonds is 6. The Balaban J connectivity index is 1.58. The number of hydrogen-bond acceptors (Lipinski definition) is 6. The van der Waals surface area contributed by atoms with E-state index in [1.165, 1.54) is 42.3 Å². The summed E-state index contributed by atoms with van der Waals surface area (Å²) in [7, 11) is 1.51. The van der Waals surface area contributed by atoms with Crippen molar-refractivity contribution >= 4 is 44.7 Å². The largest absolute Gasteiger partial charge is 0.495 e. The van der Waals surface area contributed by atoms with Crippen molar-refractivity contribution in [2.75, 3.05) is 17.7 Å². The average Bonchev–Trinajstić information content (AvgIpc) is 3.15. The van der Waals surface area contributed by atoms with E-state index >= 15 is 0 Å². The Kier molecular flexibility index (Phi) is 6.18. The van der Waals surface area contributed by atoms with Gasteiger partial charge in [0.1, 0.15) is 22.9 Å². The Morgan fingerprint density at radius 2 is 1.85 bits per heavy atom. The Labute approximate surface area is 191 Å². The molecule has 2 aromatic carbocycles. The highest BCUT2D eigenvalue weighted by Gasteiger charge is 2.21. The number of methoxy groups -OCH3 is 1. The van der Waals surface area contributed by atoms with Crippen molar-refractivity contribution in [1.29, 1.82) is 0 Å². The number of fused-ring (bicyclic) bond motifs is 1. The fourth-order valence-corrected chi connectivity index (χ4v) is 4.34. The number of carbonyl (C=O) groups is 2. The summed E-state index contributed by atoms with van der Waals surface area (Å²) in [6, 6.07) is 12.3. The van der Waals surface area contributed by atoms with Crippen molar-refractivity contribution < 1.29 is 18.7 Å². The summed E-state index contributed by atoms with van der Waals surface area (Å²) in [5.41, 5.74) is 0.961. The van der Waals surface area contributed by atoms with Gasteiger partial charge in [-0.15, -0.1) is 11.3 Å². The van der Waals surface area contributed by atoms with Crippen molar-refractivity contribution in [3.05, 3.63) is 81.5 Å². The Bertz CT molecular complexity index is 1410. The highest BCUT2D eigenvalue weighted by Crippen LogP contribution is 2.29. The molecule has 0 saturated heterocycles. The second-order valence-corrected chi connectivity index (χ2v) is 8.12. The maximum atomic E-state index is 13.0. The zero-order chi connectivity index (χ0) is 23.5. The molecular weight excluding hydrogens is 447 g/mol. The highest BCUT2D eigenvalue weighted by molar-refractivity contribution is 7.20. The number of para-hydroxylation sites is 2. The van der Waals surface area contributed by atoms with Crippen molar-refractivity contribution in [2.24, 2.45) is 0 Å². The first-order valence-corrected chi connectivity index (χ1v) is 10.7. The van der Waals surface area contributed by atoms with Crippen molar-refractivity contribution in [3.63, 3.8) is 0 Å². The second-order valence-electron chi connectivity index (χ2n) is 7.12. The first-order chi connectivity index (χ1) is 15.9. The first-order valence-electron chi connectivity index (χ1n) is 9.85. The molecule has 0 unspecified atom stereocenters. The number of amides is 2. The van der Waals surface area contributed by atoms with Gasteiger partial charge in [-0.1, -0.05) is 12.1 Å². The molecule has 8 nitrogen and oxygen atoms in total. The van der Waals surface area contributed by atoms with E-state index in [0.717, 1.165) is 11.3 Å². The molecule has 2 aromatic heterocycles. The van der Waals surface area contributed by atoms with Crippen molar-refractivity contribution in [2.45, 2.75) is 13.5 Å². The maximum Gasteiger partial charge on any atom is 0.266 e. The van der Waals surface area contributed by atoms with E-state index < -0.39 is 17.3 Å². The van der Waals surface area contributed by atoms with Crippen LogP contribution in [-0.4, -0.2) is 28.5 Å². The molecule has 0 aliphatic heterocycles. The molecular formula is C23H19FN4O4S. The van der Waals surface area contributed by atoms with Gasteiger partial charge >= 0.3 is 0 Å². The number of thiophene rings is 1. The average molecular weight is 466 g/mol. The SMILES string of the molecule is COc1ccccc1NC(=O)c1sc2ncn(CC(=O)Nc3ccc(F)cc3)c(=O)c2c1C. The Morgan fingerprint density at radius 1 is 1.12 bits per heavy atom. The number of ether oxygens (including phenoxy) is 1. The van der Waals surface area contributed by atoms with E-state index in [2.05, 4.69) is 15.6 Å². The number of halogens is 1. The molecule has 33 heavy (non-hydrogen) atoms. The number of nitrogens with zero attached hydrogens (tertiary/aromatic N) is 2. The number of benzene rings is 2. The second kappa shape index (κ2) is 9.21. The van der Waals surface area contributed by atoms with E-state index in [4.69, 9.17) is 4.74 Å². The molecule has 0 spiro atoms. The summed E-state index contributed by atoms with van der Waals surface area (Å²) in [6.45, 7) is 1.39. The summed E-state index contributed by atoms with van der Waals surface area (Å²) < 4.78 is 19.5. The van der Waals surface area contributed by atoms with Crippen LogP contribution in [0.5, 0.6) is 5.75 Å². The van der Waals surface area contributed by atoms with E-state index in [1.807, 2.05) is 0 Å². The van der Waals surface area contributed by atoms with Crippen LogP contribution in [0.2, 0.25) is 0 Å². The fraction of sp³-hybridized carbons (Fsp3) is 0.130. The molecule has 168 valence electrons. The lowest BCUT2D eigenvalue weighted by Gasteiger charge is -2.09. The van der Waals surface area contributed by atoms with Gasteiger partial charge in [-0.25, -0.2) is 9.37 Å². The van der Waals surface area contributed by atoms with Crippen LogP contribution < -0.4 is 20.9 Å². The minimum Gasteiger partial charge on any atom is -0.495 e. The van der Waals surface area contributed by atoms with Crippen LogP contribution in [0, 0.1) is 12.7 Å². The number of aromatic nitrogens is 2. The van der Waals surface area contributed by atoms with Gasteiger partial charge in [0, 0.05) is 5.69 Å². The summed E-state index contributed by atoms with van der Waals surface area (Å²) in [5, 5.41) is 5.68. The van der Waals surface area contributed by atoms with E-state index in [9.17, 15) is 18.8 Å². The molecule has 4 rings (SSSR count). The summed E-state index contributed by atoms with van der Waals surface area (Å²) in [4.78, 5) is 43.3. The van der Waals surface area contributed by atoms with Crippen LogP contribution in [0.3, 0.4) is 0 Å². The van der Waals surface area contributed by atoms with Crippen molar-refractivity contribution in [3.8, 4) is 5.75 Å². The predicted octanol–water partition coefficient (Wildman–Crippen LogP) is 3.81. The molecule has 4 aromatic rings. The van der Waals surface area contributed by atoms with E-state index in [-0.39, 0.29) is 17.8 Å². The third-order valence-corrected chi connectivity index (χ3v) is 6.12. The first kappa shape index (κ1) is 22.2. The predicted molar refractivity (Wildman–Crippen MR) is 125 cm³/mol. The van der Waals surface area contributed by atoms with Crippen LogP contribution >= 0.6 is 11.3 Å². The lowest BCUT2D eigenvalue weighted by molar-refractivity contribution is -0.116. The Hall–Kier alpha value is -4.05. The van der Waals surface area contributed by atoms with E-state index in [0.29, 0.717) is 32.4 Å². The molecule has 0 aliphatic rings. The molecule has 0 saturated carbocycles. The smallest absolute Gasteiger partial charge is 0.266 e. The Morgan fingerprint density at radius 3 is 2.58 bits per heavy atom. The van der Waals surface area contributed by atoms with Gasteiger partial charge in [0.05, 0.1) is 29.4 Å². The zero-order valence-corrected chi connectivity index (χ0v) is 18.5. The third-order valence-electron chi connectivity index (χ3n) is 4.92. The van der Waals surface area contributed by atoms with Gasteiger partial charge in [-0.05, 0) is 48.9 Å². The highest BCUT2D eigenvalue weighted by atomic mass is 32.1. The third kappa shape index (κ3) is 4.60. The van der Waals surface area contributed by atoms with Gasteiger partial charge in [0.25, 0.3) is 11.5 Å². The lowest BCUT2D eigenvalue weighted by Crippen LogP contribution is -2.28. The maximum absolute atomic E-state index is 13.0. The number of hydrogen-bond donors (Lipinski definition) is 2. The van der Waals surface area contributed by atoms with Gasteiger partial charge in [-0.2, -0.15) is 0 Å². The molecule has 2 heterocycles. The van der Waals surface area contributed by atoms with Gasteiger partial charge in [-0.3, -0.25) is 19.0 Å². The minimum atomic E-state index is -0.466. The lowest BCUT2D eigenvalue weighted by atomic mass is 10.2. The summed E-state index contributed by atoms with van der Waals surface area (Å²) >= 11 is 1.10. The number of carbonyl (C=O) groups excluding carboxylic acids is 2. The zero-order valence-electron chi connectivity index (χ0n) is 17.7. The number of aryl methyl sites for hydroxylation is 1. The topological polar surface area (TPSA) is 102 Å². The number of nitrogens with one attached hydrogen (secondary N) is 2. The van der Waals surface area contributed by atoms with Gasteiger partial charge in [0.2, 0.25) is 5.91 Å². The molecule has 0 fully saturated rings. The normalized spacial score (nSPS) is 10.8. The number of anilines is 2. The quantitative estimate of drug-likeness (QED) is 0.450. The molecule has 0 atom stereocenters. The van der Waals surface area contributed by atoms with Crippen LogP contribution in [0.15, 0.2) is 59.7 Å². The molecule has 10 heteroatoms. The molecule has 2 N–H and O–H groups in total. The van der Waals surface area contributed by atoms with Gasteiger partial charge in [0.15, 0.2) is 0 Å². The summed E-state index contributed by atoms with van der Waals surface area (Å²) in [6.07, 6.45) is 1.27. The molecule has 0 radical (unpaired) electrons. The monoisotopic (exact) mass is 466 g/mol. The molecule has 2 amide bonds. The van der Waals surface area contributed by atoms with E-state index in [1.54, 1.807) is 31.2 Å². The summed E-state index contributed by atoms with van der Waals surface area (Å²) in [5.74, 6) is -0.763. The van der Waals surface area contributed by atoms with Crippen LogP contribution in [0.25, 0.3) is 10.2 Å². The molecule has 0 aliphatic carbocycles. The minimum absolute atomic E-state index is 0.280. The van der Waals surface area contributed by atoms with Crippen LogP contribution in [0.1, 0.15) is 15.2 Å². The van der Waals surface area contributed by atoms with Crippen LogP contribution in [0.4, 0.5) is 15.8 Å².